The Hall–Kier alpha value is -2.01. The molecule has 0 radical (unpaired) electrons. The van der Waals surface area contributed by atoms with E-state index in [4.69, 9.17) is 4.74 Å². The molecule has 3 aliphatic rings. The lowest BCUT2D eigenvalue weighted by Gasteiger charge is -2.39. The van der Waals surface area contributed by atoms with Crippen molar-refractivity contribution in [3.8, 4) is 0 Å². The summed E-state index contributed by atoms with van der Waals surface area (Å²) in [7, 11) is 0. The number of ether oxygens (including phenoxy) is 1. The molecule has 2 aromatic rings. The number of hydrogen-bond acceptors (Lipinski definition) is 2. The minimum Gasteiger partial charge on any atom is -0.378 e. The van der Waals surface area contributed by atoms with Crippen LogP contribution in [0, 0.1) is 5.92 Å². The Kier molecular flexibility index (Phi) is 2.84. The molecule has 0 bridgehead atoms. The molecule has 1 saturated heterocycles. The summed E-state index contributed by atoms with van der Waals surface area (Å²) < 4.78 is 45.0. The largest absolute Gasteiger partial charge is 0.416 e. The highest BCUT2D eigenvalue weighted by atomic mass is 19.4. The Labute approximate surface area is 137 Å². The minimum atomic E-state index is -4.32. The van der Waals surface area contributed by atoms with Crippen LogP contribution in [0.1, 0.15) is 35.1 Å². The van der Waals surface area contributed by atoms with Gasteiger partial charge in [-0.2, -0.15) is 13.2 Å². The molecular formula is C19H16F3NO. The van der Waals surface area contributed by atoms with Gasteiger partial charge >= 0.3 is 6.18 Å². The topological polar surface area (TPSA) is 24.6 Å². The fourth-order valence-corrected chi connectivity index (χ4v) is 4.48. The van der Waals surface area contributed by atoms with E-state index in [0.717, 1.165) is 23.7 Å². The number of anilines is 1. The van der Waals surface area contributed by atoms with Gasteiger partial charge in [-0.15, -0.1) is 0 Å². The van der Waals surface area contributed by atoms with Gasteiger partial charge in [-0.1, -0.05) is 30.3 Å². The van der Waals surface area contributed by atoms with Gasteiger partial charge in [0.1, 0.15) is 0 Å². The molecule has 2 heterocycles. The molecule has 0 amide bonds. The third-order valence-electron chi connectivity index (χ3n) is 5.58. The third-order valence-corrected chi connectivity index (χ3v) is 5.58. The van der Waals surface area contributed by atoms with Crippen LogP contribution in [0.4, 0.5) is 18.9 Å². The summed E-state index contributed by atoms with van der Waals surface area (Å²) in [5, 5.41) is 3.48. The van der Waals surface area contributed by atoms with Crippen LogP contribution in [-0.2, 0) is 10.9 Å². The van der Waals surface area contributed by atoms with Gasteiger partial charge in [0.15, 0.2) is 0 Å². The maximum absolute atomic E-state index is 13.1. The van der Waals surface area contributed by atoms with Crippen molar-refractivity contribution in [2.75, 3.05) is 5.32 Å². The standard InChI is InChI=1S/C19H16F3NO/c20-19(21,22)11-6-7-14-12(8-11)16-13(9-15-18(16)24-15)17(23-14)10-4-2-1-3-5-10/h1-8,13,15-18,23H,9H2/t13-,15?,16?,17-,18+/m1/s1. The van der Waals surface area contributed by atoms with E-state index in [1.165, 1.54) is 11.6 Å². The van der Waals surface area contributed by atoms with Gasteiger partial charge in [0, 0.05) is 11.6 Å². The maximum Gasteiger partial charge on any atom is 0.416 e. The lowest BCUT2D eigenvalue weighted by molar-refractivity contribution is -0.137. The summed E-state index contributed by atoms with van der Waals surface area (Å²) in [6.07, 6.45) is -3.14. The normalized spacial score (nSPS) is 33.2. The summed E-state index contributed by atoms with van der Waals surface area (Å²) in [6.45, 7) is 0. The first kappa shape index (κ1) is 14.3. The van der Waals surface area contributed by atoms with Crippen LogP contribution >= 0.6 is 0 Å². The predicted octanol–water partition coefficient (Wildman–Crippen LogP) is 4.74. The molecule has 2 aliphatic heterocycles. The maximum atomic E-state index is 13.1. The fourth-order valence-electron chi connectivity index (χ4n) is 4.48. The van der Waals surface area contributed by atoms with Crippen LogP contribution in [0.3, 0.4) is 0 Å². The van der Waals surface area contributed by atoms with E-state index in [1.807, 2.05) is 18.2 Å². The van der Waals surface area contributed by atoms with Gasteiger partial charge in [-0.25, -0.2) is 0 Å². The van der Waals surface area contributed by atoms with Crippen LogP contribution in [0.2, 0.25) is 0 Å². The van der Waals surface area contributed by atoms with Crippen molar-refractivity contribution in [3.05, 3.63) is 65.2 Å². The molecule has 1 aliphatic carbocycles. The Morgan fingerprint density at radius 2 is 1.83 bits per heavy atom. The van der Waals surface area contributed by atoms with Crippen LogP contribution < -0.4 is 5.32 Å². The van der Waals surface area contributed by atoms with E-state index in [1.54, 1.807) is 6.07 Å². The molecule has 0 spiro atoms. The second kappa shape index (κ2) is 4.76. The quantitative estimate of drug-likeness (QED) is 0.763. The van der Waals surface area contributed by atoms with E-state index in [-0.39, 0.29) is 30.1 Å². The van der Waals surface area contributed by atoms with Crippen LogP contribution in [0.5, 0.6) is 0 Å². The second-order valence-electron chi connectivity index (χ2n) is 6.90. The molecule has 2 unspecified atom stereocenters. The van der Waals surface area contributed by atoms with Crippen LogP contribution in [-0.4, -0.2) is 12.2 Å². The Morgan fingerprint density at radius 3 is 2.58 bits per heavy atom. The first-order valence-corrected chi connectivity index (χ1v) is 8.20. The lowest BCUT2D eigenvalue weighted by atomic mass is 9.76. The number of halogens is 3. The Balaban J connectivity index is 1.60. The van der Waals surface area contributed by atoms with Crippen molar-refractivity contribution in [2.45, 2.75) is 36.8 Å². The number of fused-ring (bicyclic) bond motifs is 5. The summed E-state index contributed by atoms with van der Waals surface area (Å²) in [6, 6.07) is 14.3. The zero-order valence-corrected chi connectivity index (χ0v) is 12.8. The van der Waals surface area contributed by atoms with Gasteiger partial charge in [-0.05, 0) is 41.7 Å². The van der Waals surface area contributed by atoms with Crippen molar-refractivity contribution in [2.24, 2.45) is 5.92 Å². The van der Waals surface area contributed by atoms with Crippen molar-refractivity contribution in [1.82, 2.24) is 0 Å². The van der Waals surface area contributed by atoms with E-state index < -0.39 is 11.7 Å². The molecule has 2 fully saturated rings. The van der Waals surface area contributed by atoms with Gasteiger partial charge in [0.05, 0.1) is 23.8 Å². The SMILES string of the molecule is FC(F)(F)c1ccc2c(c1)C1[C@H]3OC3C[C@H]1[C@@H](c1ccccc1)N2. The molecule has 1 N–H and O–H groups in total. The van der Waals surface area contributed by atoms with E-state index in [2.05, 4.69) is 17.4 Å². The highest BCUT2D eigenvalue weighted by molar-refractivity contribution is 5.60. The van der Waals surface area contributed by atoms with Crippen LogP contribution in [0.15, 0.2) is 48.5 Å². The van der Waals surface area contributed by atoms with Crippen molar-refractivity contribution in [1.29, 1.82) is 0 Å². The number of nitrogens with one attached hydrogen (secondary N) is 1. The highest BCUT2D eigenvalue weighted by Gasteiger charge is 2.59. The number of epoxide rings is 1. The van der Waals surface area contributed by atoms with E-state index in [0.29, 0.717) is 0 Å². The molecule has 2 nitrogen and oxygen atoms in total. The van der Waals surface area contributed by atoms with E-state index >= 15 is 0 Å². The average molecular weight is 331 g/mol. The monoisotopic (exact) mass is 331 g/mol. The highest BCUT2D eigenvalue weighted by Crippen LogP contribution is 2.60. The van der Waals surface area contributed by atoms with Crippen LogP contribution in [0.25, 0.3) is 0 Å². The zero-order valence-electron chi connectivity index (χ0n) is 12.8. The smallest absolute Gasteiger partial charge is 0.378 e. The van der Waals surface area contributed by atoms with Crippen molar-refractivity contribution < 1.29 is 17.9 Å². The number of alkyl halides is 3. The molecule has 1 saturated carbocycles. The Bertz CT molecular complexity index is 789. The second-order valence-corrected chi connectivity index (χ2v) is 6.90. The number of benzene rings is 2. The molecule has 0 aromatic heterocycles. The van der Waals surface area contributed by atoms with Gasteiger partial charge in [0.25, 0.3) is 0 Å². The first-order valence-electron chi connectivity index (χ1n) is 8.20. The molecule has 5 atom stereocenters. The summed E-state index contributed by atoms with van der Waals surface area (Å²) in [4.78, 5) is 0. The van der Waals surface area contributed by atoms with Gasteiger partial charge in [0.2, 0.25) is 0 Å². The van der Waals surface area contributed by atoms with Crippen molar-refractivity contribution in [3.63, 3.8) is 0 Å². The summed E-state index contributed by atoms with van der Waals surface area (Å²) in [5.74, 6) is 0.311. The molecular weight excluding hydrogens is 315 g/mol. The molecule has 124 valence electrons. The summed E-state index contributed by atoms with van der Waals surface area (Å²) >= 11 is 0. The molecule has 24 heavy (non-hydrogen) atoms. The predicted molar refractivity (Wildman–Crippen MR) is 83.8 cm³/mol. The third kappa shape index (κ3) is 2.07. The van der Waals surface area contributed by atoms with E-state index in [9.17, 15) is 13.2 Å². The lowest BCUT2D eigenvalue weighted by Crippen LogP contribution is -2.32. The van der Waals surface area contributed by atoms with Gasteiger partial charge in [-0.3, -0.25) is 0 Å². The number of hydrogen-bond donors (Lipinski definition) is 1. The van der Waals surface area contributed by atoms with Crippen molar-refractivity contribution >= 4 is 5.69 Å². The molecule has 2 aromatic carbocycles. The number of rotatable bonds is 1. The fraction of sp³-hybridized carbons (Fsp3) is 0.368. The molecule has 5 rings (SSSR count). The Morgan fingerprint density at radius 1 is 1.04 bits per heavy atom. The minimum absolute atomic E-state index is 0.0405. The van der Waals surface area contributed by atoms with Gasteiger partial charge < -0.3 is 10.1 Å². The molecule has 5 heteroatoms. The average Bonchev–Trinajstić information content (AvgIpc) is 3.24. The summed E-state index contributed by atoms with van der Waals surface area (Å²) in [5.41, 5.74) is 2.16. The first-order chi connectivity index (χ1) is 11.5. The zero-order chi connectivity index (χ0) is 16.5.